The molecule has 0 radical (unpaired) electrons. The van der Waals surface area contributed by atoms with E-state index in [0.717, 1.165) is 35.6 Å². The largest absolute Gasteiger partial charge is 0.352 e. The summed E-state index contributed by atoms with van der Waals surface area (Å²) in [5, 5.41) is 3.69. The SMILES string of the molecule is CCC(C(=O)NC1CCCC1)N(Cc1ccc(Cl)cc1)C(=O)CN(c1ccccc1C)S(=O)(=O)c1ccccc1. The molecule has 40 heavy (non-hydrogen) atoms. The van der Waals surface area contributed by atoms with Gasteiger partial charge in [-0.25, -0.2) is 8.42 Å². The normalized spacial score (nSPS) is 14.5. The third-order valence-electron chi connectivity index (χ3n) is 7.35. The number of hydrogen-bond donors (Lipinski definition) is 1. The van der Waals surface area contributed by atoms with Gasteiger partial charge >= 0.3 is 0 Å². The summed E-state index contributed by atoms with van der Waals surface area (Å²) in [6.07, 6.45) is 4.36. The Morgan fingerprint density at radius 3 is 2.20 bits per heavy atom. The number of amides is 2. The first-order valence-electron chi connectivity index (χ1n) is 13.7. The van der Waals surface area contributed by atoms with Crippen LogP contribution in [-0.4, -0.2) is 43.8 Å². The molecular formula is C31H36ClN3O4S. The van der Waals surface area contributed by atoms with Gasteiger partial charge < -0.3 is 10.2 Å². The van der Waals surface area contributed by atoms with Gasteiger partial charge in [0.25, 0.3) is 10.0 Å². The van der Waals surface area contributed by atoms with E-state index in [1.807, 2.05) is 38.1 Å². The first kappa shape index (κ1) is 29.6. The zero-order valence-electron chi connectivity index (χ0n) is 22.9. The minimum Gasteiger partial charge on any atom is -0.352 e. The van der Waals surface area contributed by atoms with Crippen molar-refractivity contribution < 1.29 is 18.0 Å². The summed E-state index contributed by atoms with van der Waals surface area (Å²) < 4.78 is 29.0. The van der Waals surface area contributed by atoms with Crippen LogP contribution < -0.4 is 9.62 Å². The van der Waals surface area contributed by atoms with Crippen molar-refractivity contribution in [2.24, 2.45) is 0 Å². The van der Waals surface area contributed by atoms with Gasteiger partial charge in [-0.1, -0.05) is 79.9 Å². The summed E-state index contributed by atoms with van der Waals surface area (Å²) >= 11 is 6.09. The molecular weight excluding hydrogens is 546 g/mol. The Bertz CT molecular complexity index is 1410. The summed E-state index contributed by atoms with van der Waals surface area (Å²) in [7, 11) is -4.09. The van der Waals surface area contributed by atoms with Gasteiger partial charge in [-0.3, -0.25) is 13.9 Å². The van der Waals surface area contributed by atoms with Gasteiger partial charge in [0.15, 0.2) is 0 Å². The summed E-state index contributed by atoms with van der Waals surface area (Å²) in [5.74, 6) is -0.684. The second-order valence-electron chi connectivity index (χ2n) is 10.2. The van der Waals surface area contributed by atoms with E-state index in [1.165, 1.54) is 17.0 Å². The molecule has 0 saturated heterocycles. The number of sulfonamides is 1. The van der Waals surface area contributed by atoms with Crippen LogP contribution in [0.5, 0.6) is 0 Å². The molecule has 9 heteroatoms. The second-order valence-corrected chi connectivity index (χ2v) is 12.5. The molecule has 0 heterocycles. The number of nitrogens with zero attached hydrogens (tertiary/aromatic N) is 2. The minimum atomic E-state index is -4.09. The average molecular weight is 582 g/mol. The van der Waals surface area contributed by atoms with Crippen LogP contribution in [-0.2, 0) is 26.2 Å². The van der Waals surface area contributed by atoms with Crippen molar-refractivity contribution in [1.29, 1.82) is 0 Å². The number of carbonyl (C=O) groups excluding carboxylic acids is 2. The maximum absolute atomic E-state index is 14.1. The monoisotopic (exact) mass is 581 g/mol. The van der Waals surface area contributed by atoms with Crippen LogP contribution in [0, 0.1) is 6.92 Å². The number of rotatable bonds is 11. The van der Waals surface area contributed by atoms with E-state index >= 15 is 0 Å². The molecule has 1 fully saturated rings. The van der Waals surface area contributed by atoms with Crippen LogP contribution >= 0.6 is 11.6 Å². The molecule has 1 saturated carbocycles. The Labute approximate surface area is 242 Å². The first-order chi connectivity index (χ1) is 19.2. The maximum atomic E-state index is 14.1. The van der Waals surface area contributed by atoms with Gasteiger partial charge in [0.2, 0.25) is 11.8 Å². The lowest BCUT2D eigenvalue weighted by Crippen LogP contribution is -2.53. The van der Waals surface area contributed by atoms with E-state index in [9.17, 15) is 18.0 Å². The molecule has 7 nitrogen and oxygen atoms in total. The number of hydrogen-bond acceptors (Lipinski definition) is 4. The van der Waals surface area contributed by atoms with Crippen LogP contribution in [0.4, 0.5) is 5.69 Å². The van der Waals surface area contributed by atoms with E-state index in [4.69, 9.17) is 11.6 Å². The highest BCUT2D eigenvalue weighted by atomic mass is 35.5. The Kier molecular flexibility index (Phi) is 9.87. The Morgan fingerprint density at radius 1 is 0.950 bits per heavy atom. The van der Waals surface area contributed by atoms with Crippen molar-refractivity contribution >= 4 is 39.1 Å². The fraction of sp³-hybridized carbons (Fsp3) is 0.355. The molecule has 1 N–H and O–H groups in total. The number of benzene rings is 3. The van der Waals surface area contributed by atoms with Crippen molar-refractivity contribution in [2.45, 2.75) is 69.5 Å². The van der Waals surface area contributed by atoms with E-state index in [2.05, 4.69) is 5.32 Å². The first-order valence-corrected chi connectivity index (χ1v) is 15.5. The topological polar surface area (TPSA) is 86.8 Å². The third-order valence-corrected chi connectivity index (χ3v) is 9.37. The molecule has 1 aliphatic carbocycles. The number of nitrogens with one attached hydrogen (secondary N) is 1. The molecule has 0 spiro atoms. The number of para-hydroxylation sites is 1. The van der Waals surface area contributed by atoms with Crippen LogP contribution in [0.25, 0.3) is 0 Å². The highest BCUT2D eigenvalue weighted by molar-refractivity contribution is 7.92. The van der Waals surface area contributed by atoms with Gasteiger partial charge in [-0.15, -0.1) is 0 Å². The van der Waals surface area contributed by atoms with Crippen LogP contribution in [0.3, 0.4) is 0 Å². The summed E-state index contributed by atoms with van der Waals surface area (Å²) in [4.78, 5) is 29.2. The molecule has 0 aromatic heterocycles. The predicted molar refractivity (Wildman–Crippen MR) is 159 cm³/mol. The maximum Gasteiger partial charge on any atom is 0.264 e. The van der Waals surface area contributed by atoms with Crippen molar-refractivity contribution in [3.8, 4) is 0 Å². The smallest absolute Gasteiger partial charge is 0.264 e. The molecule has 0 aliphatic heterocycles. The molecule has 212 valence electrons. The lowest BCUT2D eigenvalue weighted by Gasteiger charge is -2.34. The number of anilines is 1. The van der Waals surface area contributed by atoms with Gasteiger partial charge in [-0.2, -0.15) is 0 Å². The average Bonchev–Trinajstić information content (AvgIpc) is 3.46. The lowest BCUT2D eigenvalue weighted by atomic mass is 10.1. The van der Waals surface area contributed by atoms with E-state index in [0.29, 0.717) is 22.7 Å². The van der Waals surface area contributed by atoms with Crippen LogP contribution in [0.15, 0.2) is 83.8 Å². The molecule has 4 rings (SSSR count). The van der Waals surface area contributed by atoms with Gasteiger partial charge in [0, 0.05) is 17.6 Å². The van der Waals surface area contributed by atoms with Crippen LogP contribution in [0.1, 0.15) is 50.2 Å². The highest BCUT2D eigenvalue weighted by Crippen LogP contribution is 2.28. The molecule has 1 aliphatic rings. The Hall–Kier alpha value is -3.36. The summed E-state index contributed by atoms with van der Waals surface area (Å²) in [5.41, 5.74) is 1.91. The third kappa shape index (κ3) is 7.04. The number of aryl methyl sites for hydroxylation is 1. The quantitative estimate of drug-likeness (QED) is 0.314. The van der Waals surface area contributed by atoms with Gasteiger partial charge in [-0.05, 0) is 67.6 Å². The van der Waals surface area contributed by atoms with Crippen molar-refractivity contribution in [2.75, 3.05) is 10.8 Å². The van der Waals surface area contributed by atoms with E-state index in [-0.39, 0.29) is 23.4 Å². The zero-order chi connectivity index (χ0) is 28.7. The standard InChI is InChI=1S/C31H36ClN3O4S/c1-3-28(31(37)33-26-12-8-9-13-26)34(21-24-17-19-25(32)20-18-24)30(36)22-35(29-16-10-7-11-23(29)2)40(38,39)27-14-5-4-6-15-27/h4-7,10-11,14-20,26,28H,3,8-9,12-13,21-22H2,1-2H3,(H,33,37). The van der Waals surface area contributed by atoms with Crippen LogP contribution in [0.2, 0.25) is 5.02 Å². The molecule has 1 unspecified atom stereocenters. The van der Waals surface area contributed by atoms with Gasteiger partial charge in [0.05, 0.1) is 10.6 Å². The molecule has 3 aromatic carbocycles. The number of halogens is 1. The zero-order valence-corrected chi connectivity index (χ0v) is 24.5. The lowest BCUT2D eigenvalue weighted by molar-refractivity contribution is -0.140. The fourth-order valence-corrected chi connectivity index (χ4v) is 6.78. The summed E-state index contributed by atoms with van der Waals surface area (Å²) in [6, 6.07) is 21.6. The second kappa shape index (κ2) is 13.3. The molecule has 2 amide bonds. The van der Waals surface area contributed by atoms with Crippen molar-refractivity contribution in [1.82, 2.24) is 10.2 Å². The summed E-state index contributed by atoms with van der Waals surface area (Å²) in [6.45, 7) is 3.35. The Morgan fingerprint density at radius 2 is 1.57 bits per heavy atom. The van der Waals surface area contributed by atoms with Gasteiger partial charge in [0.1, 0.15) is 12.6 Å². The minimum absolute atomic E-state index is 0.0846. The molecule has 0 bridgehead atoms. The number of carbonyl (C=O) groups is 2. The van der Waals surface area contributed by atoms with E-state index in [1.54, 1.807) is 42.5 Å². The predicted octanol–water partition coefficient (Wildman–Crippen LogP) is 5.71. The van der Waals surface area contributed by atoms with Crippen molar-refractivity contribution in [3.63, 3.8) is 0 Å². The molecule has 1 atom stereocenters. The van der Waals surface area contributed by atoms with Crippen molar-refractivity contribution in [3.05, 3.63) is 95.0 Å². The fourth-order valence-electron chi connectivity index (χ4n) is 5.15. The van der Waals surface area contributed by atoms with E-state index < -0.39 is 28.5 Å². The Balaban J connectivity index is 1.71. The molecule has 3 aromatic rings. The highest BCUT2D eigenvalue weighted by Gasteiger charge is 2.34.